The van der Waals surface area contributed by atoms with E-state index in [1.165, 1.54) is 6.42 Å². The second-order valence-electron chi connectivity index (χ2n) is 8.02. The van der Waals surface area contributed by atoms with Gasteiger partial charge in [-0.25, -0.2) is 4.98 Å². The predicted octanol–water partition coefficient (Wildman–Crippen LogP) is 2.16. The number of piperidine rings is 2. The molecule has 2 aromatic rings. The molecule has 6 heteroatoms. The van der Waals surface area contributed by atoms with Crippen LogP contribution in [-0.4, -0.2) is 70.9 Å². The summed E-state index contributed by atoms with van der Waals surface area (Å²) in [4.78, 5) is 9.55. The summed E-state index contributed by atoms with van der Waals surface area (Å²) in [6.07, 6.45) is 7.28. The second kappa shape index (κ2) is 7.62. The molecule has 2 aliphatic rings. The van der Waals surface area contributed by atoms with E-state index < -0.39 is 0 Å². The van der Waals surface area contributed by atoms with Crippen molar-refractivity contribution in [2.45, 2.75) is 31.8 Å². The van der Waals surface area contributed by atoms with Crippen LogP contribution >= 0.6 is 0 Å². The second-order valence-corrected chi connectivity index (χ2v) is 8.02. The number of benzene rings is 1. The van der Waals surface area contributed by atoms with E-state index in [0.717, 1.165) is 56.3 Å². The molecule has 0 radical (unpaired) electrons. The van der Waals surface area contributed by atoms with Crippen molar-refractivity contribution in [3.8, 4) is 11.4 Å². The number of hydrogen-bond donors (Lipinski definition) is 1. The van der Waals surface area contributed by atoms with Gasteiger partial charge < -0.3 is 19.3 Å². The molecule has 1 aromatic heterocycles. The average molecular weight is 370 g/mol. The van der Waals surface area contributed by atoms with Gasteiger partial charge in [-0.05, 0) is 63.7 Å². The number of likely N-dealkylation sites (tertiary alicyclic amines) is 2. The zero-order valence-electron chi connectivity index (χ0n) is 16.3. The van der Waals surface area contributed by atoms with Crippen LogP contribution in [0.4, 0.5) is 0 Å². The van der Waals surface area contributed by atoms with E-state index in [4.69, 9.17) is 4.74 Å². The fraction of sp³-hybridized carbons (Fsp3) is 0.571. The lowest BCUT2D eigenvalue weighted by molar-refractivity contribution is -0.0689. The molecule has 1 N–H and O–H groups in total. The Balaban J connectivity index is 1.50. The Hall–Kier alpha value is -1.89. The number of nitrogens with zero attached hydrogens (tertiary/aromatic N) is 4. The van der Waals surface area contributed by atoms with Crippen molar-refractivity contribution in [2.24, 2.45) is 5.41 Å². The summed E-state index contributed by atoms with van der Waals surface area (Å²) < 4.78 is 7.41. The Labute approximate surface area is 161 Å². The van der Waals surface area contributed by atoms with Gasteiger partial charge in [0, 0.05) is 36.1 Å². The predicted molar refractivity (Wildman–Crippen MR) is 105 cm³/mol. The molecule has 146 valence electrons. The standard InChI is InChI=1S/C21H30N4O2/c1-23-11-3-8-21(16-26)9-12-24(14-19(21)23)15-20-22-10-13-25(20)17-4-6-18(27-2)7-5-17/h4-7,10,13,19,26H,3,8-9,11-12,14-16H2,1-2H3/t19-,21-/m1/s1. The van der Waals surface area contributed by atoms with Crippen molar-refractivity contribution in [1.29, 1.82) is 0 Å². The molecule has 0 bridgehead atoms. The summed E-state index contributed by atoms with van der Waals surface area (Å²) >= 11 is 0. The highest BCUT2D eigenvalue weighted by atomic mass is 16.5. The molecule has 0 saturated carbocycles. The van der Waals surface area contributed by atoms with Crippen LogP contribution in [0.3, 0.4) is 0 Å². The molecular weight excluding hydrogens is 340 g/mol. The highest BCUT2D eigenvalue weighted by Gasteiger charge is 2.46. The van der Waals surface area contributed by atoms with Crippen molar-refractivity contribution < 1.29 is 9.84 Å². The van der Waals surface area contributed by atoms with Gasteiger partial charge in [0.05, 0.1) is 20.3 Å². The Kier molecular flexibility index (Phi) is 5.21. The number of likely N-dealkylation sites (N-methyl/N-ethyl adjacent to an activating group) is 1. The van der Waals surface area contributed by atoms with Crippen LogP contribution in [0.25, 0.3) is 5.69 Å². The van der Waals surface area contributed by atoms with Crippen LogP contribution in [0.15, 0.2) is 36.7 Å². The molecule has 0 amide bonds. The first kappa shape index (κ1) is 18.5. The van der Waals surface area contributed by atoms with Gasteiger partial charge in [-0.2, -0.15) is 0 Å². The van der Waals surface area contributed by atoms with E-state index in [-0.39, 0.29) is 5.41 Å². The third-order valence-electron chi connectivity index (χ3n) is 6.53. The van der Waals surface area contributed by atoms with Gasteiger partial charge in [0.25, 0.3) is 0 Å². The lowest BCUT2D eigenvalue weighted by atomic mass is 9.69. The molecule has 2 saturated heterocycles. The van der Waals surface area contributed by atoms with E-state index in [2.05, 4.69) is 38.5 Å². The fourth-order valence-corrected chi connectivity index (χ4v) is 4.85. The zero-order valence-corrected chi connectivity index (χ0v) is 16.3. The number of imidazole rings is 1. The molecule has 2 fully saturated rings. The third kappa shape index (κ3) is 3.49. The molecule has 0 unspecified atom stereocenters. The number of ether oxygens (including phenoxy) is 1. The first-order chi connectivity index (χ1) is 13.1. The smallest absolute Gasteiger partial charge is 0.127 e. The minimum Gasteiger partial charge on any atom is -0.497 e. The van der Waals surface area contributed by atoms with E-state index in [9.17, 15) is 5.11 Å². The maximum atomic E-state index is 10.1. The van der Waals surface area contributed by atoms with Gasteiger partial charge in [-0.3, -0.25) is 4.90 Å². The summed E-state index contributed by atoms with van der Waals surface area (Å²) in [6, 6.07) is 8.51. The quantitative estimate of drug-likeness (QED) is 0.874. The van der Waals surface area contributed by atoms with Gasteiger partial charge >= 0.3 is 0 Å². The number of methoxy groups -OCH3 is 1. The van der Waals surface area contributed by atoms with E-state index in [1.807, 2.05) is 24.5 Å². The highest BCUT2D eigenvalue weighted by Crippen LogP contribution is 2.41. The number of hydrogen-bond acceptors (Lipinski definition) is 5. The Morgan fingerprint density at radius 1 is 1.22 bits per heavy atom. The number of aromatic nitrogens is 2. The van der Waals surface area contributed by atoms with Crippen molar-refractivity contribution in [3.63, 3.8) is 0 Å². The van der Waals surface area contributed by atoms with Crippen LogP contribution < -0.4 is 4.74 Å². The maximum Gasteiger partial charge on any atom is 0.127 e. The molecule has 27 heavy (non-hydrogen) atoms. The Morgan fingerprint density at radius 3 is 2.78 bits per heavy atom. The number of fused-ring (bicyclic) bond motifs is 1. The van der Waals surface area contributed by atoms with Crippen LogP contribution in [0, 0.1) is 5.41 Å². The highest BCUT2D eigenvalue weighted by molar-refractivity contribution is 5.38. The topological polar surface area (TPSA) is 53.8 Å². The molecule has 3 heterocycles. The number of aliphatic hydroxyl groups excluding tert-OH is 1. The van der Waals surface area contributed by atoms with Gasteiger partial charge in [0.2, 0.25) is 0 Å². The van der Waals surface area contributed by atoms with Crippen molar-refractivity contribution in [3.05, 3.63) is 42.5 Å². The van der Waals surface area contributed by atoms with E-state index >= 15 is 0 Å². The van der Waals surface area contributed by atoms with Crippen molar-refractivity contribution in [1.82, 2.24) is 19.4 Å². The summed E-state index contributed by atoms with van der Waals surface area (Å²) in [7, 11) is 3.89. The van der Waals surface area contributed by atoms with Gasteiger partial charge in [-0.1, -0.05) is 0 Å². The van der Waals surface area contributed by atoms with Crippen molar-refractivity contribution in [2.75, 3.05) is 40.4 Å². The first-order valence-electron chi connectivity index (χ1n) is 9.85. The first-order valence-corrected chi connectivity index (χ1v) is 9.85. The van der Waals surface area contributed by atoms with E-state index in [1.54, 1.807) is 7.11 Å². The zero-order chi connectivity index (χ0) is 18.9. The molecule has 1 aromatic carbocycles. The number of rotatable bonds is 5. The minimum absolute atomic E-state index is 0.0783. The van der Waals surface area contributed by atoms with Crippen LogP contribution in [-0.2, 0) is 6.54 Å². The van der Waals surface area contributed by atoms with Gasteiger partial charge in [-0.15, -0.1) is 0 Å². The lowest BCUT2D eigenvalue weighted by Gasteiger charge is -2.53. The molecular formula is C21H30N4O2. The summed E-state index contributed by atoms with van der Waals surface area (Å²) in [6.45, 7) is 4.26. The average Bonchev–Trinajstić information content (AvgIpc) is 3.17. The van der Waals surface area contributed by atoms with Crippen LogP contribution in [0.1, 0.15) is 25.1 Å². The SMILES string of the molecule is COc1ccc(-n2ccnc2CN2CC[C@@]3(CO)CCCN(C)[C@@H]3C2)cc1. The summed E-state index contributed by atoms with van der Waals surface area (Å²) in [5, 5.41) is 10.1. The molecule has 4 rings (SSSR count). The largest absolute Gasteiger partial charge is 0.497 e. The molecule has 6 nitrogen and oxygen atoms in total. The Morgan fingerprint density at radius 2 is 2.04 bits per heavy atom. The lowest BCUT2D eigenvalue weighted by Crippen LogP contribution is -2.61. The molecule has 0 aliphatic carbocycles. The molecule has 0 spiro atoms. The maximum absolute atomic E-state index is 10.1. The molecule has 2 atom stereocenters. The van der Waals surface area contributed by atoms with Crippen LogP contribution in [0.2, 0.25) is 0 Å². The van der Waals surface area contributed by atoms with Gasteiger partial charge in [0.1, 0.15) is 11.6 Å². The fourth-order valence-electron chi connectivity index (χ4n) is 4.85. The normalized spacial score (nSPS) is 26.7. The monoisotopic (exact) mass is 370 g/mol. The van der Waals surface area contributed by atoms with E-state index in [0.29, 0.717) is 12.6 Å². The Bertz CT molecular complexity index is 760. The number of aliphatic hydroxyl groups is 1. The summed E-state index contributed by atoms with van der Waals surface area (Å²) in [5.41, 5.74) is 1.18. The third-order valence-corrected chi connectivity index (χ3v) is 6.53. The van der Waals surface area contributed by atoms with Crippen molar-refractivity contribution >= 4 is 0 Å². The molecule has 2 aliphatic heterocycles. The minimum atomic E-state index is 0.0783. The van der Waals surface area contributed by atoms with Crippen LogP contribution in [0.5, 0.6) is 5.75 Å². The van der Waals surface area contributed by atoms with Gasteiger partial charge in [0.15, 0.2) is 0 Å². The summed E-state index contributed by atoms with van der Waals surface area (Å²) in [5.74, 6) is 1.91.